The molecule has 0 fully saturated rings. The molecule has 0 aliphatic heterocycles. The lowest BCUT2D eigenvalue weighted by molar-refractivity contribution is 0.472. The fourth-order valence-electron chi connectivity index (χ4n) is 1.50. The van der Waals surface area contributed by atoms with Crippen molar-refractivity contribution < 1.29 is 10.2 Å². The lowest BCUT2D eigenvalue weighted by Crippen LogP contribution is -1.91. The molecule has 0 bridgehead atoms. The van der Waals surface area contributed by atoms with Crippen LogP contribution in [-0.2, 0) is 0 Å². The number of benzene rings is 2. The second-order valence-corrected chi connectivity index (χ2v) is 3.65. The first kappa shape index (κ1) is 10.4. The fourth-order valence-corrected chi connectivity index (χ4v) is 1.50. The first-order valence-electron chi connectivity index (χ1n) is 5.01. The molecule has 82 valence electrons. The van der Waals surface area contributed by atoms with E-state index in [4.69, 9.17) is 0 Å². The molecular formula is C13H13NO2. The van der Waals surface area contributed by atoms with Gasteiger partial charge in [-0.2, -0.15) is 0 Å². The maximum Gasteiger partial charge on any atom is 0.141 e. The minimum Gasteiger partial charge on any atom is -0.508 e. The quantitative estimate of drug-likeness (QED) is 0.674. The Morgan fingerprint density at radius 3 is 2.50 bits per heavy atom. The van der Waals surface area contributed by atoms with Gasteiger partial charge in [0.1, 0.15) is 11.5 Å². The normalized spacial score (nSPS) is 10.1. The number of phenolic OH excluding ortho intramolecular Hbond substituents is 2. The van der Waals surface area contributed by atoms with Gasteiger partial charge >= 0.3 is 0 Å². The first-order valence-corrected chi connectivity index (χ1v) is 5.01. The third-order valence-electron chi connectivity index (χ3n) is 2.36. The van der Waals surface area contributed by atoms with E-state index in [1.54, 1.807) is 24.3 Å². The third kappa shape index (κ3) is 2.08. The predicted octanol–water partition coefficient (Wildman–Crippen LogP) is 3.15. The molecule has 0 amide bonds. The van der Waals surface area contributed by atoms with Gasteiger partial charge in [0.05, 0.1) is 5.69 Å². The Hall–Kier alpha value is -2.16. The van der Waals surface area contributed by atoms with Crippen LogP contribution in [0.15, 0.2) is 42.5 Å². The van der Waals surface area contributed by atoms with Gasteiger partial charge in [-0.05, 0) is 30.7 Å². The predicted molar refractivity (Wildman–Crippen MR) is 64.2 cm³/mol. The molecule has 0 saturated heterocycles. The van der Waals surface area contributed by atoms with Crippen molar-refractivity contribution in [2.75, 3.05) is 5.32 Å². The first-order chi connectivity index (χ1) is 7.66. The summed E-state index contributed by atoms with van der Waals surface area (Å²) in [6, 6.07) is 12.2. The van der Waals surface area contributed by atoms with Gasteiger partial charge in [0.25, 0.3) is 0 Å². The summed E-state index contributed by atoms with van der Waals surface area (Å²) in [7, 11) is 0. The Labute approximate surface area is 94.0 Å². The highest BCUT2D eigenvalue weighted by Crippen LogP contribution is 2.30. The molecule has 0 spiro atoms. The maximum absolute atomic E-state index is 9.80. The molecule has 0 unspecified atom stereocenters. The number of hydrogen-bond acceptors (Lipinski definition) is 3. The van der Waals surface area contributed by atoms with Crippen LogP contribution in [0.4, 0.5) is 11.4 Å². The molecule has 0 saturated carbocycles. The standard InChI is InChI=1S/C13H13NO2/c1-9-4-2-7-12(13(9)16)14-10-5-3-6-11(15)8-10/h2-8,14-16H,1H3. The van der Waals surface area contributed by atoms with E-state index in [9.17, 15) is 10.2 Å². The van der Waals surface area contributed by atoms with E-state index >= 15 is 0 Å². The Bertz CT molecular complexity index is 509. The number of aromatic hydroxyl groups is 2. The second-order valence-electron chi connectivity index (χ2n) is 3.65. The van der Waals surface area contributed by atoms with E-state index in [-0.39, 0.29) is 11.5 Å². The van der Waals surface area contributed by atoms with Crippen LogP contribution < -0.4 is 5.32 Å². The number of phenols is 2. The molecule has 3 heteroatoms. The van der Waals surface area contributed by atoms with Crippen LogP contribution in [0, 0.1) is 6.92 Å². The van der Waals surface area contributed by atoms with Crippen molar-refractivity contribution in [1.82, 2.24) is 0 Å². The average molecular weight is 215 g/mol. The van der Waals surface area contributed by atoms with Crippen molar-refractivity contribution in [1.29, 1.82) is 0 Å². The van der Waals surface area contributed by atoms with Crippen LogP contribution in [0.5, 0.6) is 11.5 Å². The van der Waals surface area contributed by atoms with Gasteiger partial charge in [-0.25, -0.2) is 0 Å². The molecule has 2 aromatic rings. The Balaban J connectivity index is 2.31. The van der Waals surface area contributed by atoms with Crippen LogP contribution in [-0.4, -0.2) is 10.2 Å². The fraction of sp³-hybridized carbons (Fsp3) is 0.0769. The SMILES string of the molecule is Cc1cccc(Nc2cccc(O)c2)c1O. The summed E-state index contributed by atoms with van der Waals surface area (Å²) < 4.78 is 0. The van der Waals surface area contributed by atoms with Gasteiger partial charge in [0.15, 0.2) is 0 Å². The lowest BCUT2D eigenvalue weighted by Gasteiger charge is -2.10. The molecule has 2 aromatic carbocycles. The summed E-state index contributed by atoms with van der Waals surface area (Å²) in [4.78, 5) is 0. The summed E-state index contributed by atoms with van der Waals surface area (Å²) >= 11 is 0. The molecule has 0 radical (unpaired) electrons. The van der Waals surface area contributed by atoms with E-state index in [0.717, 1.165) is 11.3 Å². The van der Waals surface area contributed by atoms with Gasteiger partial charge in [-0.3, -0.25) is 0 Å². The highest BCUT2D eigenvalue weighted by molar-refractivity contribution is 5.68. The molecule has 3 nitrogen and oxygen atoms in total. The zero-order valence-corrected chi connectivity index (χ0v) is 8.94. The zero-order valence-electron chi connectivity index (χ0n) is 8.94. The molecule has 2 rings (SSSR count). The molecule has 0 atom stereocenters. The van der Waals surface area contributed by atoms with E-state index < -0.39 is 0 Å². The van der Waals surface area contributed by atoms with Crippen LogP contribution in [0.1, 0.15) is 5.56 Å². The van der Waals surface area contributed by atoms with Crippen LogP contribution in [0.2, 0.25) is 0 Å². The minimum atomic E-state index is 0.192. The second kappa shape index (κ2) is 4.14. The van der Waals surface area contributed by atoms with Gasteiger partial charge in [0, 0.05) is 11.8 Å². The van der Waals surface area contributed by atoms with Gasteiger partial charge < -0.3 is 15.5 Å². The van der Waals surface area contributed by atoms with Crippen molar-refractivity contribution in [3.05, 3.63) is 48.0 Å². The van der Waals surface area contributed by atoms with Gasteiger partial charge in [-0.1, -0.05) is 18.2 Å². The number of aryl methyl sites for hydroxylation is 1. The van der Waals surface area contributed by atoms with Crippen molar-refractivity contribution >= 4 is 11.4 Å². The molecule has 0 aliphatic carbocycles. The summed E-state index contributed by atoms with van der Waals surface area (Å²) in [5.41, 5.74) is 2.18. The molecule has 0 aromatic heterocycles. The largest absolute Gasteiger partial charge is 0.508 e. The van der Waals surface area contributed by atoms with E-state index in [1.165, 1.54) is 0 Å². The van der Waals surface area contributed by atoms with E-state index in [1.807, 2.05) is 25.1 Å². The molecule has 0 aliphatic rings. The lowest BCUT2D eigenvalue weighted by atomic mass is 10.2. The van der Waals surface area contributed by atoms with Crippen LogP contribution in [0.3, 0.4) is 0 Å². The zero-order chi connectivity index (χ0) is 11.5. The molecular weight excluding hydrogens is 202 g/mol. The number of rotatable bonds is 2. The van der Waals surface area contributed by atoms with Crippen molar-refractivity contribution in [2.45, 2.75) is 6.92 Å². The molecule has 3 N–H and O–H groups in total. The Kier molecular flexibility index (Phi) is 2.68. The average Bonchev–Trinajstić information content (AvgIpc) is 2.25. The number of anilines is 2. The van der Waals surface area contributed by atoms with Crippen molar-refractivity contribution in [3.8, 4) is 11.5 Å². The van der Waals surface area contributed by atoms with Crippen LogP contribution >= 0.6 is 0 Å². The smallest absolute Gasteiger partial charge is 0.141 e. The number of para-hydroxylation sites is 1. The summed E-state index contributed by atoms with van der Waals surface area (Å²) in [5.74, 6) is 0.419. The Morgan fingerprint density at radius 1 is 1.00 bits per heavy atom. The summed E-state index contributed by atoms with van der Waals surface area (Å²) in [6.07, 6.45) is 0. The maximum atomic E-state index is 9.80. The van der Waals surface area contributed by atoms with Crippen molar-refractivity contribution in [3.63, 3.8) is 0 Å². The van der Waals surface area contributed by atoms with E-state index in [0.29, 0.717) is 5.69 Å². The van der Waals surface area contributed by atoms with Crippen LogP contribution in [0.25, 0.3) is 0 Å². The summed E-state index contributed by atoms with van der Waals surface area (Å²) in [5, 5.41) is 22.2. The van der Waals surface area contributed by atoms with Gasteiger partial charge in [-0.15, -0.1) is 0 Å². The van der Waals surface area contributed by atoms with E-state index in [2.05, 4.69) is 5.32 Å². The third-order valence-corrected chi connectivity index (χ3v) is 2.36. The van der Waals surface area contributed by atoms with Gasteiger partial charge in [0.2, 0.25) is 0 Å². The minimum absolute atomic E-state index is 0.192. The molecule has 0 heterocycles. The molecule has 16 heavy (non-hydrogen) atoms. The monoisotopic (exact) mass is 215 g/mol. The number of nitrogens with one attached hydrogen (secondary N) is 1. The van der Waals surface area contributed by atoms with Crippen molar-refractivity contribution in [2.24, 2.45) is 0 Å². The number of hydrogen-bond donors (Lipinski definition) is 3. The Morgan fingerprint density at radius 2 is 1.75 bits per heavy atom. The highest BCUT2D eigenvalue weighted by atomic mass is 16.3. The topological polar surface area (TPSA) is 52.5 Å². The summed E-state index contributed by atoms with van der Waals surface area (Å²) in [6.45, 7) is 1.84. The highest BCUT2D eigenvalue weighted by Gasteiger charge is 2.03.